The summed E-state index contributed by atoms with van der Waals surface area (Å²) in [6.07, 6.45) is 0.987. The van der Waals surface area contributed by atoms with Crippen molar-refractivity contribution in [2.75, 3.05) is 0 Å². The standard InChI is InChI=1S/C9H18O2/c1-7(8(2)11-10)6-9(3,4)5/h7H,6H2,1-5H3. The molecular formula is C9H18O2. The highest BCUT2D eigenvalue weighted by atomic mass is 17.1. The molecule has 0 aromatic heterocycles. The summed E-state index contributed by atoms with van der Waals surface area (Å²) in [7, 11) is 0. The molecule has 0 aromatic rings. The Hall–Kier alpha value is -0.530. The maximum absolute atomic E-state index is 10.0. The summed E-state index contributed by atoms with van der Waals surface area (Å²) in [5, 5.41) is 10.0. The Morgan fingerprint density at radius 2 is 1.91 bits per heavy atom. The predicted octanol–water partition coefficient (Wildman–Crippen LogP) is 1.46. The second-order valence-corrected chi connectivity index (χ2v) is 4.36. The fourth-order valence-corrected chi connectivity index (χ4v) is 1.14. The molecule has 66 valence electrons. The van der Waals surface area contributed by atoms with Gasteiger partial charge in [-0.25, -0.2) is 0 Å². The molecule has 2 nitrogen and oxygen atoms in total. The van der Waals surface area contributed by atoms with Crippen molar-refractivity contribution in [1.29, 1.82) is 0 Å². The third-order valence-electron chi connectivity index (χ3n) is 1.74. The Morgan fingerprint density at radius 3 is 2.18 bits per heavy atom. The Labute approximate surface area is 68.9 Å². The number of rotatable bonds is 2. The first-order valence-electron chi connectivity index (χ1n) is 4.00. The van der Waals surface area contributed by atoms with E-state index in [0.717, 1.165) is 6.42 Å². The predicted molar refractivity (Wildman–Crippen MR) is 43.9 cm³/mol. The van der Waals surface area contributed by atoms with Crippen molar-refractivity contribution in [2.45, 2.75) is 41.0 Å². The molecule has 0 saturated heterocycles. The average Bonchev–Trinajstić information content (AvgIpc) is 1.82. The molecule has 0 radical (unpaired) electrons. The summed E-state index contributed by atoms with van der Waals surface area (Å²) in [6.45, 7) is 10.2. The number of carbonyl (C=O) groups excluding carboxylic acids is 1. The molecular weight excluding hydrogens is 140 g/mol. The molecule has 1 unspecified atom stereocenters. The van der Waals surface area contributed by atoms with E-state index >= 15 is 0 Å². The van der Waals surface area contributed by atoms with Crippen LogP contribution in [0.2, 0.25) is 0 Å². The summed E-state index contributed by atoms with van der Waals surface area (Å²) in [5.41, 5.74) is 0.263. The Bertz CT molecular complexity index is 142. The summed E-state index contributed by atoms with van der Waals surface area (Å²) in [5.74, 6) is 0.840. The van der Waals surface area contributed by atoms with Crippen molar-refractivity contribution in [3.05, 3.63) is 0 Å². The monoisotopic (exact) mass is 158 g/mol. The third-order valence-corrected chi connectivity index (χ3v) is 1.74. The van der Waals surface area contributed by atoms with Gasteiger partial charge >= 0.3 is 5.78 Å². The lowest BCUT2D eigenvalue weighted by atomic mass is 9.84. The van der Waals surface area contributed by atoms with Gasteiger partial charge in [0.2, 0.25) is 0 Å². The second-order valence-electron chi connectivity index (χ2n) is 4.36. The fourth-order valence-electron chi connectivity index (χ4n) is 1.14. The van der Waals surface area contributed by atoms with Crippen LogP contribution in [-0.2, 0) is 4.58 Å². The molecule has 11 heavy (non-hydrogen) atoms. The highest BCUT2D eigenvalue weighted by Crippen LogP contribution is 2.24. The van der Waals surface area contributed by atoms with E-state index in [9.17, 15) is 5.26 Å². The van der Waals surface area contributed by atoms with Crippen LogP contribution in [-0.4, -0.2) is 5.78 Å². The molecule has 0 aliphatic heterocycles. The van der Waals surface area contributed by atoms with Gasteiger partial charge in [0, 0.05) is 0 Å². The van der Waals surface area contributed by atoms with E-state index in [2.05, 4.69) is 25.3 Å². The van der Waals surface area contributed by atoms with Crippen LogP contribution in [0.15, 0.2) is 0 Å². The molecule has 0 saturated carbocycles. The molecule has 0 bridgehead atoms. The van der Waals surface area contributed by atoms with E-state index in [4.69, 9.17) is 0 Å². The van der Waals surface area contributed by atoms with Gasteiger partial charge in [-0.2, -0.15) is 4.58 Å². The Kier molecular flexibility index (Phi) is 3.56. The lowest BCUT2D eigenvalue weighted by Crippen LogP contribution is -2.20. The van der Waals surface area contributed by atoms with Crippen LogP contribution in [0.1, 0.15) is 41.0 Å². The summed E-state index contributed by atoms with van der Waals surface area (Å²) >= 11 is 0. The molecule has 0 aromatic carbocycles. The molecule has 1 atom stereocenters. The van der Waals surface area contributed by atoms with Crippen LogP contribution in [0, 0.1) is 11.3 Å². The summed E-state index contributed by atoms with van der Waals surface area (Å²) in [4.78, 5) is 0. The van der Waals surface area contributed by atoms with Gasteiger partial charge in [-0.1, -0.05) is 27.7 Å². The minimum absolute atomic E-state index is 0.257. The molecule has 0 aliphatic carbocycles. The quantitative estimate of drug-likeness (QED) is 0.340. The highest BCUT2D eigenvalue weighted by molar-refractivity contribution is 5.78. The number of hydrogen-bond donors (Lipinski definition) is 0. The zero-order chi connectivity index (χ0) is 9.07. The zero-order valence-electron chi connectivity index (χ0n) is 8.10. The maximum Gasteiger partial charge on any atom is 0.329 e. The van der Waals surface area contributed by atoms with Crippen LogP contribution in [0.3, 0.4) is 0 Å². The van der Waals surface area contributed by atoms with Crippen molar-refractivity contribution in [3.8, 4) is 0 Å². The highest BCUT2D eigenvalue weighted by Gasteiger charge is 2.22. The zero-order valence-corrected chi connectivity index (χ0v) is 8.10. The molecule has 0 N–H and O–H groups in total. The average molecular weight is 158 g/mol. The largest absolute Gasteiger partial charge is 0.463 e. The minimum Gasteiger partial charge on any atom is -0.463 e. The van der Waals surface area contributed by atoms with Gasteiger partial charge in [0.1, 0.15) is 0 Å². The second kappa shape index (κ2) is 3.74. The molecule has 0 amide bonds. The van der Waals surface area contributed by atoms with E-state index in [0.29, 0.717) is 5.78 Å². The number of hydrogen-bond acceptors (Lipinski definition) is 1. The van der Waals surface area contributed by atoms with Gasteiger partial charge in [0.15, 0.2) is 0 Å². The van der Waals surface area contributed by atoms with E-state index in [1.807, 2.05) is 6.92 Å². The molecule has 0 aliphatic rings. The molecule has 2 heteroatoms. The molecule has 0 fully saturated rings. The van der Waals surface area contributed by atoms with Crippen molar-refractivity contribution in [1.82, 2.24) is 0 Å². The Balaban J connectivity index is 3.98. The van der Waals surface area contributed by atoms with Crippen LogP contribution in [0.4, 0.5) is 0 Å². The van der Waals surface area contributed by atoms with Crippen LogP contribution < -0.4 is 5.26 Å². The van der Waals surface area contributed by atoms with E-state index < -0.39 is 0 Å². The third kappa shape index (κ3) is 4.82. The van der Waals surface area contributed by atoms with Crippen molar-refractivity contribution >= 4 is 5.78 Å². The van der Waals surface area contributed by atoms with Crippen molar-refractivity contribution in [3.63, 3.8) is 0 Å². The number of ketones is 1. The molecule has 0 rings (SSSR count). The first-order valence-corrected chi connectivity index (χ1v) is 4.00. The normalized spacial score (nSPS) is 16.6. The van der Waals surface area contributed by atoms with Gasteiger partial charge in [0.25, 0.3) is 0 Å². The maximum atomic E-state index is 10.0. The minimum atomic E-state index is 0.257. The van der Waals surface area contributed by atoms with Gasteiger partial charge < -0.3 is 5.26 Å². The molecule has 0 heterocycles. The summed E-state index contributed by atoms with van der Waals surface area (Å²) < 4.78 is 3.92. The first kappa shape index (κ1) is 10.5. The van der Waals surface area contributed by atoms with Crippen LogP contribution >= 0.6 is 0 Å². The van der Waals surface area contributed by atoms with E-state index in [-0.39, 0.29) is 11.3 Å². The van der Waals surface area contributed by atoms with Gasteiger partial charge in [0.05, 0.1) is 12.8 Å². The van der Waals surface area contributed by atoms with Crippen molar-refractivity contribution < 1.29 is 9.83 Å². The SMILES string of the molecule is CC(=[O+][O-])C(C)CC(C)(C)C. The van der Waals surface area contributed by atoms with Gasteiger partial charge in [-0.05, 0) is 11.8 Å². The van der Waals surface area contributed by atoms with E-state index in [1.165, 1.54) is 0 Å². The lowest BCUT2D eigenvalue weighted by molar-refractivity contribution is -1.05. The topological polar surface area (TPSA) is 34.4 Å². The first-order chi connectivity index (χ1) is 4.87. The van der Waals surface area contributed by atoms with Crippen LogP contribution in [0.5, 0.6) is 0 Å². The Morgan fingerprint density at radius 1 is 1.45 bits per heavy atom. The lowest BCUT2D eigenvalue weighted by Gasteiger charge is -2.19. The van der Waals surface area contributed by atoms with Gasteiger partial charge in [-0.3, -0.25) is 0 Å². The van der Waals surface area contributed by atoms with Crippen LogP contribution in [0.25, 0.3) is 0 Å². The molecule has 0 spiro atoms. The van der Waals surface area contributed by atoms with E-state index in [1.54, 1.807) is 6.92 Å². The van der Waals surface area contributed by atoms with Gasteiger partial charge in [-0.15, -0.1) is 0 Å². The smallest absolute Gasteiger partial charge is 0.329 e. The summed E-state index contributed by atoms with van der Waals surface area (Å²) in [6, 6.07) is 0. The van der Waals surface area contributed by atoms with Crippen molar-refractivity contribution in [2.24, 2.45) is 11.3 Å². The fraction of sp³-hybridized carbons (Fsp3) is 0.889.